The first-order valence-corrected chi connectivity index (χ1v) is 21.8. The minimum Gasteiger partial charge on any atom is -0.375 e. The summed E-state index contributed by atoms with van der Waals surface area (Å²) in [4.78, 5) is 26.2. The molecule has 6 fully saturated rings. The molecule has 0 spiro atoms. The number of halogens is 8. The third-order valence-electron chi connectivity index (χ3n) is 14.6. The number of rotatable bonds is 10. The van der Waals surface area contributed by atoms with Gasteiger partial charge < -0.3 is 9.47 Å². The summed E-state index contributed by atoms with van der Waals surface area (Å²) in [6.45, 7) is 0. The Labute approximate surface area is 321 Å². The molecule has 6 aliphatic rings. The zero-order valence-electron chi connectivity index (χ0n) is 31.1. The van der Waals surface area contributed by atoms with Gasteiger partial charge in [0.1, 0.15) is 11.6 Å². The van der Waals surface area contributed by atoms with E-state index in [1.54, 1.807) is 0 Å². The van der Waals surface area contributed by atoms with E-state index in [0.717, 1.165) is 51.4 Å². The number of ether oxygens (including phenoxy) is 2. The first-order chi connectivity index (χ1) is 25.2. The van der Waals surface area contributed by atoms with Crippen LogP contribution in [0.4, 0.5) is 26.3 Å². The van der Waals surface area contributed by atoms with Gasteiger partial charge in [0.2, 0.25) is 0 Å². The van der Waals surface area contributed by atoms with Crippen molar-refractivity contribution < 1.29 is 45.4 Å². The molecule has 0 heterocycles. The minimum atomic E-state index is -5.43. The second-order valence-electron chi connectivity index (χ2n) is 17.7. The summed E-state index contributed by atoms with van der Waals surface area (Å²) in [5.41, 5.74) is -3.75. The van der Waals surface area contributed by atoms with E-state index in [9.17, 15) is 9.59 Å². The van der Waals surface area contributed by atoms with Crippen LogP contribution in [0.1, 0.15) is 154 Å². The predicted octanol–water partition coefficient (Wildman–Crippen LogP) is 12.1. The van der Waals surface area contributed by atoms with Crippen LogP contribution >= 0.6 is 23.2 Å². The van der Waals surface area contributed by atoms with E-state index in [1.165, 1.54) is 0 Å². The molecule has 0 N–H and O–H groups in total. The summed E-state index contributed by atoms with van der Waals surface area (Å²) >= 11 is 12.4. The van der Waals surface area contributed by atoms with E-state index in [2.05, 4.69) is 0 Å². The first-order valence-electron chi connectivity index (χ1n) is 21.0. The average Bonchev–Trinajstić information content (AvgIpc) is 3.13. The Bertz CT molecular complexity index is 1090. The Morgan fingerprint density at radius 2 is 0.604 bits per heavy atom. The highest BCUT2D eigenvalue weighted by Gasteiger charge is 2.76. The van der Waals surface area contributed by atoms with E-state index in [0.29, 0.717) is 62.9 Å². The lowest BCUT2D eigenvalue weighted by Crippen LogP contribution is -2.61. The smallest absolute Gasteiger partial charge is 0.375 e. The molecule has 0 radical (unpaired) electrons. The highest BCUT2D eigenvalue weighted by Crippen LogP contribution is 2.65. The zero-order valence-corrected chi connectivity index (χ0v) is 32.6. The molecule has 0 aromatic heterocycles. The van der Waals surface area contributed by atoms with Crippen molar-refractivity contribution in [1.82, 2.24) is 0 Å². The molecule has 12 heteroatoms. The van der Waals surface area contributed by atoms with Crippen molar-refractivity contribution in [3.8, 4) is 0 Å². The second-order valence-corrected chi connectivity index (χ2v) is 19.0. The Morgan fingerprint density at radius 1 is 0.377 bits per heavy atom. The molecule has 0 aromatic rings. The highest BCUT2D eigenvalue weighted by atomic mass is 35.5. The predicted molar refractivity (Wildman–Crippen MR) is 193 cm³/mol. The molecule has 0 bridgehead atoms. The van der Waals surface area contributed by atoms with Gasteiger partial charge in [0.25, 0.3) is 0 Å². The van der Waals surface area contributed by atoms with Crippen molar-refractivity contribution in [3.05, 3.63) is 0 Å². The fourth-order valence-electron chi connectivity index (χ4n) is 11.6. The van der Waals surface area contributed by atoms with Crippen LogP contribution in [0.25, 0.3) is 0 Å². The number of hydrogen-bond donors (Lipinski definition) is 0. The van der Waals surface area contributed by atoms with Gasteiger partial charge in [-0.15, -0.1) is 23.2 Å². The van der Waals surface area contributed by atoms with Gasteiger partial charge in [-0.1, -0.05) is 0 Å². The number of carbonyl (C=O) groups excluding carboxylic acids is 2. The fraction of sp³-hybridized carbons (Fsp3) is 0.951. The van der Waals surface area contributed by atoms with Gasteiger partial charge in [-0.25, -0.2) is 0 Å². The van der Waals surface area contributed by atoms with Gasteiger partial charge in [-0.3, -0.25) is 9.59 Å². The molecule has 53 heavy (non-hydrogen) atoms. The number of ketones is 2. The normalized spacial score (nSPS) is 39.7. The van der Waals surface area contributed by atoms with Crippen LogP contribution in [0.3, 0.4) is 0 Å². The molecule has 0 saturated heterocycles. The van der Waals surface area contributed by atoms with Crippen LogP contribution in [-0.2, 0) is 19.1 Å². The highest BCUT2D eigenvalue weighted by molar-refractivity contribution is 6.20. The molecule has 6 rings (SSSR count). The Balaban J connectivity index is 0.975. The van der Waals surface area contributed by atoms with Crippen molar-refractivity contribution in [2.24, 2.45) is 40.9 Å². The van der Waals surface area contributed by atoms with Gasteiger partial charge in [-0.05, 0) is 166 Å². The van der Waals surface area contributed by atoms with Crippen LogP contribution in [-0.4, -0.2) is 59.1 Å². The molecular formula is C41H60Cl2F6O4. The van der Waals surface area contributed by atoms with E-state index < -0.39 is 29.6 Å². The van der Waals surface area contributed by atoms with Crippen LogP contribution in [0.5, 0.6) is 0 Å². The molecule has 4 nitrogen and oxygen atoms in total. The second kappa shape index (κ2) is 17.9. The maximum absolute atomic E-state index is 15.0. The standard InChI is InChI=1S/C41H60Cl2F6O4/c42-31-13-1-25(2-14-31)37(50)27-5-17-33(18-6-27)52-35-21-9-29(10-22-35)39(40(44,45)46,41(47,48)49)30-11-23-36(24-12-30)53-34-19-7-28(8-20-34)38(51)26-3-15-32(43)16-4-26/h25-36H,1-24H2. The fourth-order valence-corrected chi connectivity index (χ4v) is 12.1. The van der Waals surface area contributed by atoms with E-state index in [1.807, 2.05) is 0 Å². The zero-order chi connectivity index (χ0) is 38.0. The topological polar surface area (TPSA) is 52.6 Å². The lowest BCUT2D eigenvalue weighted by molar-refractivity contribution is -0.383. The van der Waals surface area contributed by atoms with E-state index >= 15 is 26.3 Å². The van der Waals surface area contributed by atoms with Crippen molar-refractivity contribution in [2.45, 2.75) is 202 Å². The molecule has 6 saturated carbocycles. The summed E-state index contributed by atoms with van der Waals surface area (Å²) in [5, 5.41) is 0.301. The minimum absolute atomic E-state index is 0.000646. The summed E-state index contributed by atoms with van der Waals surface area (Å²) in [6.07, 6.45) is 0.623. The maximum Gasteiger partial charge on any atom is 0.403 e. The van der Waals surface area contributed by atoms with Gasteiger partial charge in [0.05, 0.1) is 24.4 Å². The Morgan fingerprint density at radius 3 is 0.849 bits per heavy atom. The lowest BCUT2D eigenvalue weighted by Gasteiger charge is -2.51. The first kappa shape index (κ1) is 42.0. The molecule has 0 amide bonds. The summed E-state index contributed by atoms with van der Waals surface area (Å²) in [5.74, 6) is -2.31. The van der Waals surface area contributed by atoms with Gasteiger partial charge >= 0.3 is 12.4 Å². The summed E-state index contributed by atoms with van der Waals surface area (Å²) in [6, 6.07) is 0. The quantitative estimate of drug-likeness (QED) is 0.163. The van der Waals surface area contributed by atoms with Gasteiger partial charge in [0.15, 0.2) is 5.41 Å². The average molecular weight is 802 g/mol. The summed E-state index contributed by atoms with van der Waals surface area (Å²) < 4.78 is 103. The Kier molecular flexibility index (Phi) is 14.2. The summed E-state index contributed by atoms with van der Waals surface area (Å²) in [7, 11) is 0. The molecule has 304 valence electrons. The molecular weight excluding hydrogens is 741 g/mol. The number of alkyl halides is 8. The SMILES string of the molecule is O=C(C1CCC(Cl)CC1)C1CCC(OC2CCC(C(C3CCC(OC4CCC(C(=O)C5CCC(Cl)CC5)CC4)CC3)(C(F)(F)F)C(F)(F)F)CC2)CC1. The van der Waals surface area contributed by atoms with E-state index in [-0.39, 0.29) is 110 Å². The number of carbonyl (C=O) groups is 2. The van der Waals surface area contributed by atoms with Crippen LogP contribution in [0, 0.1) is 40.9 Å². The van der Waals surface area contributed by atoms with Crippen LogP contribution in [0.15, 0.2) is 0 Å². The van der Waals surface area contributed by atoms with Crippen LogP contribution in [0.2, 0.25) is 0 Å². The van der Waals surface area contributed by atoms with E-state index in [4.69, 9.17) is 32.7 Å². The van der Waals surface area contributed by atoms with Gasteiger partial charge in [0, 0.05) is 34.4 Å². The largest absolute Gasteiger partial charge is 0.403 e. The van der Waals surface area contributed by atoms with Crippen molar-refractivity contribution in [3.63, 3.8) is 0 Å². The van der Waals surface area contributed by atoms with Gasteiger partial charge in [-0.2, -0.15) is 26.3 Å². The monoisotopic (exact) mass is 800 g/mol. The van der Waals surface area contributed by atoms with Crippen molar-refractivity contribution in [1.29, 1.82) is 0 Å². The molecule has 6 aliphatic carbocycles. The third-order valence-corrected chi connectivity index (χ3v) is 15.5. The number of Topliss-reactive ketones (excluding diaryl/α,β-unsaturated/α-hetero) is 2. The molecule has 0 aliphatic heterocycles. The molecule has 0 atom stereocenters. The number of hydrogen-bond acceptors (Lipinski definition) is 4. The maximum atomic E-state index is 15.0. The lowest BCUT2D eigenvalue weighted by atomic mass is 9.57. The molecule has 0 unspecified atom stereocenters. The van der Waals surface area contributed by atoms with Crippen molar-refractivity contribution in [2.75, 3.05) is 0 Å². The molecule has 0 aromatic carbocycles. The Hall–Kier alpha value is -0.580. The third kappa shape index (κ3) is 9.76. The van der Waals surface area contributed by atoms with Crippen molar-refractivity contribution >= 4 is 34.8 Å². The van der Waals surface area contributed by atoms with Crippen LogP contribution < -0.4 is 0 Å².